The fourth-order valence-electron chi connectivity index (χ4n) is 2.02. The number of benzene rings is 1. The van der Waals surface area contributed by atoms with Gasteiger partial charge in [0.2, 0.25) is 0 Å². The monoisotopic (exact) mass is 257 g/mol. The Hall–Kier alpha value is -1.69. The van der Waals surface area contributed by atoms with Crippen LogP contribution in [0.15, 0.2) is 12.1 Å². The molecule has 1 saturated carbocycles. The van der Waals surface area contributed by atoms with Crippen molar-refractivity contribution in [1.82, 2.24) is 0 Å². The molecular weight excluding hydrogens is 244 g/mol. The molecular formula is C12H13F2NO3. The van der Waals surface area contributed by atoms with E-state index in [9.17, 15) is 18.7 Å². The first kappa shape index (κ1) is 12.8. The highest BCUT2D eigenvalue weighted by atomic mass is 19.2. The van der Waals surface area contributed by atoms with E-state index in [4.69, 9.17) is 5.11 Å². The summed E-state index contributed by atoms with van der Waals surface area (Å²) in [6.45, 7) is -0.172. The summed E-state index contributed by atoms with van der Waals surface area (Å²) >= 11 is 0. The number of carboxylic acids is 1. The lowest BCUT2D eigenvalue weighted by molar-refractivity contribution is 0.0690. The third-order valence-corrected chi connectivity index (χ3v) is 3.33. The molecule has 18 heavy (non-hydrogen) atoms. The number of aromatic carboxylic acids is 1. The SMILES string of the molecule is O=C(O)c1ccc(NC2(CO)CCC2)c(F)c1F. The molecule has 0 radical (unpaired) electrons. The van der Waals surface area contributed by atoms with Gasteiger partial charge in [-0.25, -0.2) is 13.6 Å². The van der Waals surface area contributed by atoms with Crippen LogP contribution in [0, 0.1) is 11.6 Å². The van der Waals surface area contributed by atoms with Crippen LogP contribution in [0.2, 0.25) is 0 Å². The van der Waals surface area contributed by atoms with E-state index in [1.54, 1.807) is 0 Å². The van der Waals surface area contributed by atoms with E-state index in [1.807, 2.05) is 0 Å². The van der Waals surface area contributed by atoms with Gasteiger partial charge in [-0.3, -0.25) is 0 Å². The summed E-state index contributed by atoms with van der Waals surface area (Å²) < 4.78 is 27.1. The van der Waals surface area contributed by atoms with E-state index < -0.39 is 28.7 Å². The van der Waals surface area contributed by atoms with Gasteiger partial charge in [0.15, 0.2) is 11.6 Å². The van der Waals surface area contributed by atoms with Gasteiger partial charge in [-0.15, -0.1) is 0 Å². The smallest absolute Gasteiger partial charge is 0.338 e. The first-order valence-electron chi connectivity index (χ1n) is 5.59. The van der Waals surface area contributed by atoms with Crippen LogP contribution in [0.3, 0.4) is 0 Å². The number of aliphatic hydroxyl groups is 1. The number of carbonyl (C=O) groups is 1. The maximum Gasteiger partial charge on any atom is 0.338 e. The van der Waals surface area contributed by atoms with E-state index in [2.05, 4.69) is 5.32 Å². The number of nitrogens with one attached hydrogen (secondary N) is 1. The molecule has 0 bridgehead atoms. The van der Waals surface area contributed by atoms with Gasteiger partial charge in [0.1, 0.15) is 0 Å². The summed E-state index contributed by atoms with van der Waals surface area (Å²) in [7, 11) is 0. The molecule has 1 aromatic rings. The van der Waals surface area contributed by atoms with Gasteiger partial charge in [0.25, 0.3) is 0 Å². The minimum absolute atomic E-state index is 0.119. The topological polar surface area (TPSA) is 69.6 Å². The van der Waals surface area contributed by atoms with Crippen molar-refractivity contribution < 1.29 is 23.8 Å². The number of halogens is 2. The first-order chi connectivity index (χ1) is 8.49. The summed E-state index contributed by atoms with van der Waals surface area (Å²) in [5.41, 5.74) is -1.44. The van der Waals surface area contributed by atoms with Crippen LogP contribution in [-0.2, 0) is 0 Å². The zero-order chi connectivity index (χ0) is 13.3. The fraction of sp³-hybridized carbons (Fsp3) is 0.417. The number of hydrogen-bond acceptors (Lipinski definition) is 3. The van der Waals surface area contributed by atoms with E-state index in [1.165, 1.54) is 6.07 Å². The van der Waals surface area contributed by atoms with Crippen molar-refractivity contribution in [2.24, 2.45) is 0 Å². The minimum atomic E-state index is -1.52. The predicted octanol–water partition coefficient (Wildman–Crippen LogP) is 1.99. The molecule has 0 spiro atoms. The van der Waals surface area contributed by atoms with Gasteiger partial charge in [-0.05, 0) is 31.4 Å². The largest absolute Gasteiger partial charge is 0.478 e. The van der Waals surface area contributed by atoms with E-state index in [0.29, 0.717) is 12.8 Å². The van der Waals surface area contributed by atoms with Gasteiger partial charge in [0.05, 0.1) is 23.4 Å². The zero-order valence-corrected chi connectivity index (χ0v) is 9.54. The highest BCUT2D eigenvalue weighted by Gasteiger charge is 2.37. The van der Waals surface area contributed by atoms with Gasteiger partial charge in [0, 0.05) is 0 Å². The fourth-order valence-corrected chi connectivity index (χ4v) is 2.02. The molecule has 0 saturated heterocycles. The molecule has 2 rings (SSSR count). The van der Waals surface area contributed by atoms with Crippen molar-refractivity contribution in [3.05, 3.63) is 29.3 Å². The van der Waals surface area contributed by atoms with Gasteiger partial charge >= 0.3 is 5.97 Å². The summed E-state index contributed by atoms with van der Waals surface area (Å²) in [5.74, 6) is -4.13. The highest BCUT2D eigenvalue weighted by Crippen LogP contribution is 2.36. The Morgan fingerprint density at radius 2 is 2.00 bits per heavy atom. The number of aliphatic hydroxyl groups excluding tert-OH is 1. The standard InChI is InChI=1S/C12H13F2NO3/c13-9-7(11(17)18)2-3-8(10(9)14)15-12(6-16)4-1-5-12/h2-3,15-16H,1,4-6H2,(H,17,18). The maximum atomic E-state index is 13.7. The Kier molecular flexibility index (Phi) is 3.21. The second-order valence-corrected chi connectivity index (χ2v) is 4.51. The van der Waals surface area contributed by atoms with Crippen molar-refractivity contribution in [2.75, 3.05) is 11.9 Å². The Labute approximate surface area is 102 Å². The quantitative estimate of drug-likeness (QED) is 0.771. The predicted molar refractivity (Wildman–Crippen MR) is 60.6 cm³/mol. The summed E-state index contributed by atoms with van der Waals surface area (Å²) in [4.78, 5) is 10.6. The van der Waals surface area contributed by atoms with Gasteiger partial charge < -0.3 is 15.5 Å². The van der Waals surface area contributed by atoms with Gasteiger partial charge in [-0.1, -0.05) is 0 Å². The molecule has 0 aliphatic heterocycles. The number of anilines is 1. The molecule has 1 aromatic carbocycles. The Bertz CT molecular complexity index is 481. The van der Waals surface area contributed by atoms with Crippen molar-refractivity contribution in [3.8, 4) is 0 Å². The Balaban J connectivity index is 2.30. The summed E-state index contributed by atoms with van der Waals surface area (Å²) in [6, 6.07) is 2.18. The Morgan fingerprint density at radius 1 is 1.33 bits per heavy atom. The van der Waals surface area contributed by atoms with Crippen LogP contribution in [-0.4, -0.2) is 28.3 Å². The average molecular weight is 257 g/mol. The molecule has 3 N–H and O–H groups in total. The average Bonchev–Trinajstić information content (AvgIpc) is 2.28. The van der Waals surface area contributed by atoms with Crippen molar-refractivity contribution >= 4 is 11.7 Å². The third-order valence-electron chi connectivity index (χ3n) is 3.33. The maximum absolute atomic E-state index is 13.7. The van der Waals surface area contributed by atoms with E-state index >= 15 is 0 Å². The van der Waals surface area contributed by atoms with Crippen molar-refractivity contribution in [3.63, 3.8) is 0 Å². The summed E-state index contributed by atoms with van der Waals surface area (Å²) in [6.07, 6.45) is 2.25. The lowest BCUT2D eigenvalue weighted by Crippen LogP contribution is -2.48. The number of hydrogen-bond donors (Lipinski definition) is 3. The van der Waals surface area contributed by atoms with Crippen LogP contribution in [0.1, 0.15) is 29.6 Å². The van der Waals surface area contributed by atoms with E-state index in [0.717, 1.165) is 12.5 Å². The van der Waals surface area contributed by atoms with Crippen LogP contribution < -0.4 is 5.32 Å². The zero-order valence-electron chi connectivity index (χ0n) is 9.54. The molecule has 0 unspecified atom stereocenters. The second kappa shape index (κ2) is 4.53. The molecule has 1 aliphatic rings. The minimum Gasteiger partial charge on any atom is -0.478 e. The Morgan fingerprint density at radius 3 is 2.44 bits per heavy atom. The molecule has 1 fully saturated rings. The van der Waals surface area contributed by atoms with Crippen LogP contribution in [0.5, 0.6) is 0 Å². The van der Waals surface area contributed by atoms with E-state index in [-0.39, 0.29) is 12.3 Å². The molecule has 1 aliphatic carbocycles. The normalized spacial score (nSPS) is 17.1. The van der Waals surface area contributed by atoms with Crippen LogP contribution in [0.4, 0.5) is 14.5 Å². The van der Waals surface area contributed by atoms with Crippen molar-refractivity contribution in [1.29, 1.82) is 0 Å². The van der Waals surface area contributed by atoms with Crippen molar-refractivity contribution in [2.45, 2.75) is 24.8 Å². The lowest BCUT2D eigenvalue weighted by Gasteiger charge is -2.41. The second-order valence-electron chi connectivity index (χ2n) is 4.51. The molecule has 0 atom stereocenters. The summed E-state index contributed by atoms with van der Waals surface area (Å²) in [5, 5.41) is 20.6. The van der Waals surface area contributed by atoms with Crippen LogP contribution in [0.25, 0.3) is 0 Å². The highest BCUT2D eigenvalue weighted by molar-refractivity contribution is 5.88. The van der Waals surface area contributed by atoms with Crippen LogP contribution >= 0.6 is 0 Å². The molecule has 0 heterocycles. The number of carboxylic acid groups (broad SMARTS) is 1. The molecule has 0 amide bonds. The third kappa shape index (κ3) is 2.03. The lowest BCUT2D eigenvalue weighted by atomic mass is 9.77. The first-order valence-corrected chi connectivity index (χ1v) is 5.59. The number of rotatable bonds is 4. The molecule has 0 aromatic heterocycles. The molecule has 6 heteroatoms. The molecule has 4 nitrogen and oxygen atoms in total. The van der Waals surface area contributed by atoms with Gasteiger partial charge in [-0.2, -0.15) is 0 Å². The molecule has 98 valence electrons.